The molecule has 0 aromatic carbocycles. The van der Waals surface area contributed by atoms with E-state index in [2.05, 4.69) is 9.82 Å². The van der Waals surface area contributed by atoms with Crippen LogP contribution in [0.25, 0.3) is 0 Å². The molecule has 1 amide bonds. The van der Waals surface area contributed by atoms with Gasteiger partial charge < -0.3 is 4.84 Å². The van der Waals surface area contributed by atoms with Gasteiger partial charge in [0.15, 0.2) is 5.69 Å². The fourth-order valence-corrected chi connectivity index (χ4v) is 0.613. The van der Waals surface area contributed by atoms with Gasteiger partial charge in [-0.25, -0.2) is 9.78 Å². The molecule has 12 heavy (non-hydrogen) atoms. The molecule has 0 aliphatic carbocycles. The maximum absolute atomic E-state index is 10.9. The van der Waals surface area contributed by atoms with Crippen LogP contribution in [-0.2, 0) is 9.63 Å². The van der Waals surface area contributed by atoms with Gasteiger partial charge in [0.1, 0.15) is 0 Å². The number of carbonyl (C=O) groups is 2. The van der Waals surface area contributed by atoms with Crippen LogP contribution in [0.3, 0.4) is 0 Å². The van der Waals surface area contributed by atoms with E-state index in [1.165, 1.54) is 12.3 Å². The highest BCUT2D eigenvalue weighted by molar-refractivity contribution is 5.87. The Morgan fingerprint density at radius 1 is 1.58 bits per heavy atom. The van der Waals surface area contributed by atoms with Crippen LogP contribution in [-0.4, -0.2) is 17.4 Å². The Morgan fingerprint density at radius 2 is 2.42 bits per heavy atom. The number of hydrogen-bond donors (Lipinski definition) is 1. The zero-order valence-electron chi connectivity index (χ0n) is 6.06. The molecule has 1 aromatic rings. The number of amides is 1. The summed E-state index contributed by atoms with van der Waals surface area (Å²) in [5.41, 5.74) is 1.92. The summed E-state index contributed by atoms with van der Waals surface area (Å²) in [6.07, 6.45) is 1.72. The molecule has 0 aliphatic heterocycles. The molecule has 1 rings (SSSR count). The first kappa shape index (κ1) is 8.19. The van der Waals surface area contributed by atoms with Crippen LogP contribution in [0.15, 0.2) is 24.4 Å². The van der Waals surface area contributed by atoms with E-state index in [1.54, 1.807) is 17.6 Å². The zero-order chi connectivity index (χ0) is 8.81. The lowest BCUT2D eigenvalue weighted by molar-refractivity contribution is -0.117. The third-order valence-electron chi connectivity index (χ3n) is 1.07. The van der Waals surface area contributed by atoms with Crippen LogP contribution in [0, 0.1) is 0 Å². The van der Waals surface area contributed by atoms with E-state index in [9.17, 15) is 9.59 Å². The Morgan fingerprint density at radius 3 is 3.00 bits per heavy atom. The zero-order valence-corrected chi connectivity index (χ0v) is 6.06. The molecule has 0 radical (unpaired) electrons. The maximum Gasteiger partial charge on any atom is 0.381 e. The highest BCUT2D eigenvalue weighted by Crippen LogP contribution is 1.93. The van der Waals surface area contributed by atoms with E-state index in [0.29, 0.717) is 0 Å². The normalized spacial score (nSPS) is 8.67. The number of nitrogens with zero attached hydrogens (tertiary/aromatic N) is 1. The van der Waals surface area contributed by atoms with Crippen LogP contribution >= 0.6 is 0 Å². The van der Waals surface area contributed by atoms with Crippen LogP contribution < -0.4 is 5.48 Å². The Bertz CT molecular complexity index is 273. The van der Waals surface area contributed by atoms with Crippen molar-refractivity contribution >= 4 is 12.4 Å². The summed E-state index contributed by atoms with van der Waals surface area (Å²) in [5.74, 6) is -0.692. The van der Waals surface area contributed by atoms with Crippen molar-refractivity contribution in [2.24, 2.45) is 0 Å². The van der Waals surface area contributed by atoms with Gasteiger partial charge in [-0.2, -0.15) is 5.48 Å². The molecule has 1 heterocycles. The molecule has 1 N–H and O–H groups in total. The van der Waals surface area contributed by atoms with Crippen molar-refractivity contribution in [1.29, 1.82) is 0 Å². The molecular formula is C7H6N2O3. The van der Waals surface area contributed by atoms with Gasteiger partial charge in [0.05, 0.1) is 0 Å². The summed E-state index contributed by atoms with van der Waals surface area (Å²) in [4.78, 5) is 28.6. The number of rotatable bonds is 3. The summed E-state index contributed by atoms with van der Waals surface area (Å²) >= 11 is 0. The lowest BCUT2D eigenvalue weighted by atomic mass is 10.4. The third kappa shape index (κ3) is 2.05. The Hall–Kier alpha value is -1.91. The van der Waals surface area contributed by atoms with Crippen molar-refractivity contribution in [3.05, 3.63) is 30.1 Å². The SMILES string of the molecule is O=CNOC(=O)c1ccccn1. The van der Waals surface area contributed by atoms with E-state index < -0.39 is 5.97 Å². The van der Waals surface area contributed by atoms with E-state index in [4.69, 9.17) is 0 Å². The number of hydrogen-bond acceptors (Lipinski definition) is 4. The average molecular weight is 166 g/mol. The van der Waals surface area contributed by atoms with Gasteiger partial charge in [0.25, 0.3) is 0 Å². The molecule has 0 saturated carbocycles. The Balaban J connectivity index is 2.59. The summed E-state index contributed by atoms with van der Waals surface area (Å²) in [6.45, 7) is 0. The molecule has 5 heteroatoms. The second-order valence-electron chi connectivity index (χ2n) is 1.84. The quantitative estimate of drug-likeness (QED) is 0.503. The van der Waals surface area contributed by atoms with Crippen LogP contribution in [0.2, 0.25) is 0 Å². The fourth-order valence-electron chi connectivity index (χ4n) is 0.613. The fraction of sp³-hybridized carbons (Fsp3) is 0. The standard InChI is InChI=1S/C7H6N2O3/c10-5-9-12-7(11)6-3-1-2-4-8-6/h1-5H,(H,9,10). The third-order valence-corrected chi connectivity index (χ3v) is 1.07. The van der Waals surface area contributed by atoms with Crippen molar-refractivity contribution < 1.29 is 14.4 Å². The van der Waals surface area contributed by atoms with Gasteiger partial charge >= 0.3 is 5.97 Å². The van der Waals surface area contributed by atoms with Gasteiger partial charge in [-0.3, -0.25) is 4.79 Å². The molecule has 5 nitrogen and oxygen atoms in total. The lowest BCUT2D eigenvalue weighted by Crippen LogP contribution is -2.18. The molecule has 62 valence electrons. The predicted octanol–water partition coefficient (Wildman–Crippen LogP) is -0.101. The van der Waals surface area contributed by atoms with Crippen molar-refractivity contribution in [2.45, 2.75) is 0 Å². The lowest BCUT2D eigenvalue weighted by Gasteiger charge is -1.98. The first-order valence-electron chi connectivity index (χ1n) is 3.16. The van der Waals surface area contributed by atoms with Gasteiger partial charge in [-0.15, -0.1) is 0 Å². The van der Waals surface area contributed by atoms with E-state index >= 15 is 0 Å². The first-order valence-corrected chi connectivity index (χ1v) is 3.16. The summed E-state index contributed by atoms with van der Waals surface area (Å²) < 4.78 is 0. The molecule has 0 saturated heterocycles. The highest BCUT2D eigenvalue weighted by atomic mass is 16.7. The second kappa shape index (κ2) is 4.07. The summed E-state index contributed by atoms with van der Waals surface area (Å²) in [7, 11) is 0. The highest BCUT2D eigenvalue weighted by Gasteiger charge is 2.06. The van der Waals surface area contributed by atoms with E-state index in [-0.39, 0.29) is 12.1 Å². The van der Waals surface area contributed by atoms with Crippen molar-refractivity contribution in [3.8, 4) is 0 Å². The van der Waals surface area contributed by atoms with Gasteiger partial charge in [0.2, 0.25) is 6.41 Å². The van der Waals surface area contributed by atoms with Crippen molar-refractivity contribution in [2.75, 3.05) is 0 Å². The van der Waals surface area contributed by atoms with Gasteiger partial charge in [0, 0.05) is 6.20 Å². The second-order valence-corrected chi connectivity index (χ2v) is 1.84. The van der Waals surface area contributed by atoms with E-state index in [1.807, 2.05) is 0 Å². The number of pyridine rings is 1. The topological polar surface area (TPSA) is 68.3 Å². The molecule has 0 bridgehead atoms. The number of nitrogens with one attached hydrogen (secondary N) is 1. The van der Waals surface area contributed by atoms with E-state index in [0.717, 1.165) is 0 Å². The molecule has 0 atom stereocenters. The summed E-state index contributed by atoms with van der Waals surface area (Å²) in [6, 6.07) is 4.79. The Labute approximate surface area is 68.3 Å². The van der Waals surface area contributed by atoms with Crippen LogP contribution in [0.5, 0.6) is 0 Å². The number of hydroxylamine groups is 1. The molecule has 1 aromatic heterocycles. The smallest absolute Gasteiger partial charge is 0.334 e. The monoisotopic (exact) mass is 166 g/mol. The minimum atomic E-state index is -0.692. The molecule has 0 spiro atoms. The molecule has 0 aliphatic rings. The minimum Gasteiger partial charge on any atom is -0.334 e. The first-order chi connectivity index (χ1) is 5.84. The molecule has 0 fully saturated rings. The maximum atomic E-state index is 10.9. The van der Waals surface area contributed by atoms with Crippen LogP contribution in [0.1, 0.15) is 10.5 Å². The predicted molar refractivity (Wildman–Crippen MR) is 38.9 cm³/mol. The largest absolute Gasteiger partial charge is 0.381 e. The van der Waals surface area contributed by atoms with Crippen molar-refractivity contribution in [3.63, 3.8) is 0 Å². The van der Waals surface area contributed by atoms with Gasteiger partial charge in [-0.1, -0.05) is 6.07 Å². The molecule has 0 unspecified atom stereocenters. The average Bonchev–Trinajstić information content (AvgIpc) is 2.15. The number of carbonyl (C=O) groups excluding carboxylic acids is 2. The number of aromatic nitrogens is 1. The minimum absolute atomic E-state index is 0.145. The van der Waals surface area contributed by atoms with Crippen molar-refractivity contribution in [1.82, 2.24) is 10.5 Å². The summed E-state index contributed by atoms with van der Waals surface area (Å²) in [5, 5.41) is 0. The van der Waals surface area contributed by atoms with Gasteiger partial charge in [-0.05, 0) is 12.1 Å². The van der Waals surface area contributed by atoms with Crippen LogP contribution in [0.4, 0.5) is 0 Å². The Kier molecular flexibility index (Phi) is 2.78. The molecular weight excluding hydrogens is 160 g/mol.